The number of hydrogen-bond acceptors (Lipinski definition) is 2. The normalized spacial score (nSPS) is 32.0. The lowest BCUT2D eigenvalue weighted by atomic mass is 9.68. The number of carboxylic acids is 1. The van der Waals surface area contributed by atoms with E-state index >= 15 is 0 Å². The van der Waals surface area contributed by atoms with Gasteiger partial charge in [-0.1, -0.05) is 19.8 Å². The van der Waals surface area contributed by atoms with Gasteiger partial charge < -0.3 is 10.8 Å². The number of aliphatic carboxylic acids is 1. The fraction of sp³-hybridized carbons (Fsp3) is 0.900. The molecule has 1 aliphatic carbocycles. The van der Waals surface area contributed by atoms with Crippen LogP contribution in [-0.2, 0) is 4.79 Å². The zero-order valence-corrected chi connectivity index (χ0v) is 9.48. The molecule has 0 bridgehead atoms. The van der Waals surface area contributed by atoms with Gasteiger partial charge in [-0.25, -0.2) is 0 Å². The second-order valence-corrected chi connectivity index (χ2v) is 4.48. The standard InChI is InChI=1S/C10H19NO2.ClH/c1-8-3-2-4-10(5-8,7-11)6-9(12)13;/h8H,2-7,11H2,1H3,(H,12,13);1H. The monoisotopic (exact) mass is 221 g/mol. The molecule has 0 aliphatic heterocycles. The molecule has 0 saturated heterocycles. The minimum Gasteiger partial charge on any atom is -0.481 e. The van der Waals surface area contributed by atoms with E-state index in [-0.39, 0.29) is 24.2 Å². The Morgan fingerprint density at radius 3 is 2.71 bits per heavy atom. The lowest BCUT2D eigenvalue weighted by molar-refractivity contribution is -0.140. The molecule has 0 aromatic carbocycles. The molecule has 1 saturated carbocycles. The predicted octanol–water partition coefficient (Wildman–Crippen LogP) is 2.04. The summed E-state index contributed by atoms with van der Waals surface area (Å²) in [6.07, 6.45) is 4.57. The highest BCUT2D eigenvalue weighted by Gasteiger charge is 2.35. The van der Waals surface area contributed by atoms with Gasteiger partial charge in [-0.3, -0.25) is 4.79 Å². The quantitative estimate of drug-likeness (QED) is 0.767. The number of hydrogen-bond donors (Lipinski definition) is 2. The zero-order valence-electron chi connectivity index (χ0n) is 8.66. The van der Waals surface area contributed by atoms with Gasteiger partial charge >= 0.3 is 5.97 Å². The third kappa shape index (κ3) is 3.46. The Morgan fingerprint density at radius 2 is 2.29 bits per heavy atom. The average molecular weight is 222 g/mol. The van der Waals surface area contributed by atoms with E-state index in [1.54, 1.807) is 0 Å². The SMILES string of the molecule is CC1CCCC(CN)(CC(=O)O)C1.Cl. The van der Waals surface area contributed by atoms with Crippen LogP contribution >= 0.6 is 12.4 Å². The fourth-order valence-corrected chi connectivity index (χ4v) is 2.51. The molecule has 1 fully saturated rings. The van der Waals surface area contributed by atoms with E-state index < -0.39 is 5.97 Å². The molecule has 0 heterocycles. The van der Waals surface area contributed by atoms with Gasteiger partial charge in [-0.2, -0.15) is 0 Å². The van der Waals surface area contributed by atoms with Crippen molar-refractivity contribution in [3.63, 3.8) is 0 Å². The Hall–Kier alpha value is -0.280. The van der Waals surface area contributed by atoms with Gasteiger partial charge in [0.1, 0.15) is 0 Å². The third-order valence-corrected chi connectivity index (χ3v) is 3.14. The highest BCUT2D eigenvalue weighted by Crippen LogP contribution is 2.41. The Bertz CT molecular complexity index is 199. The largest absolute Gasteiger partial charge is 0.481 e. The molecule has 0 amide bonds. The van der Waals surface area contributed by atoms with Crippen LogP contribution in [-0.4, -0.2) is 17.6 Å². The molecule has 1 aliphatic rings. The van der Waals surface area contributed by atoms with Crippen LogP contribution in [0.5, 0.6) is 0 Å². The van der Waals surface area contributed by atoms with Crippen LogP contribution in [0.1, 0.15) is 39.0 Å². The van der Waals surface area contributed by atoms with Crippen molar-refractivity contribution in [1.82, 2.24) is 0 Å². The van der Waals surface area contributed by atoms with Gasteiger partial charge in [0.15, 0.2) is 0 Å². The van der Waals surface area contributed by atoms with Crippen LogP contribution in [0.4, 0.5) is 0 Å². The van der Waals surface area contributed by atoms with E-state index in [2.05, 4.69) is 6.92 Å². The zero-order chi connectivity index (χ0) is 9.90. The first kappa shape index (κ1) is 13.7. The van der Waals surface area contributed by atoms with E-state index in [1.807, 2.05) is 0 Å². The topological polar surface area (TPSA) is 63.3 Å². The molecule has 2 unspecified atom stereocenters. The van der Waals surface area contributed by atoms with Crippen LogP contribution in [0, 0.1) is 11.3 Å². The Morgan fingerprint density at radius 1 is 1.64 bits per heavy atom. The summed E-state index contributed by atoms with van der Waals surface area (Å²) < 4.78 is 0. The van der Waals surface area contributed by atoms with E-state index in [0.29, 0.717) is 12.5 Å². The molecule has 84 valence electrons. The lowest BCUT2D eigenvalue weighted by Crippen LogP contribution is -2.37. The Kier molecular flexibility index (Phi) is 5.45. The Labute approximate surface area is 91.5 Å². The van der Waals surface area contributed by atoms with Crippen LogP contribution < -0.4 is 5.73 Å². The summed E-state index contributed by atoms with van der Waals surface area (Å²) >= 11 is 0. The first-order chi connectivity index (χ1) is 6.08. The summed E-state index contributed by atoms with van der Waals surface area (Å²) in [5.41, 5.74) is 5.58. The van der Waals surface area contributed by atoms with Crippen LogP contribution in [0.2, 0.25) is 0 Å². The second-order valence-electron chi connectivity index (χ2n) is 4.48. The summed E-state index contributed by atoms with van der Waals surface area (Å²) in [6.45, 7) is 2.70. The van der Waals surface area contributed by atoms with Crippen molar-refractivity contribution in [2.24, 2.45) is 17.1 Å². The van der Waals surface area contributed by atoms with Crippen molar-refractivity contribution >= 4 is 18.4 Å². The van der Waals surface area contributed by atoms with Crippen molar-refractivity contribution in [1.29, 1.82) is 0 Å². The number of carboxylic acid groups (broad SMARTS) is 1. The maximum Gasteiger partial charge on any atom is 0.303 e. The van der Waals surface area contributed by atoms with E-state index in [0.717, 1.165) is 19.3 Å². The van der Waals surface area contributed by atoms with E-state index in [4.69, 9.17) is 10.8 Å². The Balaban J connectivity index is 0.00000169. The second kappa shape index (κ2) is 5.56. The van der Waals surface area contributed by atoms with Gasteiger partial charge in [-0.15, -0.1) is 12.4 Å². The van der Waals surface area contributed by atoms with Crippen molar-refractivity contribution in [2.45, 2.75) is 39.0 Å². The summed E-state index contributed by atoms with van der Waals surface area (Å²) in [5.74, 6) is -0.0730. The lowest BCUT2D eigenvalue weighted by Gasteiger charge is -2.38. The van der Waals surface area contributed by atoms with Gasteiger partial charge in [0, 0.05) is 0 Å². The molecular weight excluding hydrogens is 202 g/mol. The molecule has 0 aromatic rings. The van der Waals surface area contributed by atoms with Gasteiger partial charge in [0.05, 0.1) is 6.42 Å². The summed E-state index contributed by atoms with van der Waals surface area (Å²) in [4.78, 5) is 10.7. The van der Waals surface area contributed by atoms with Crippen molar-refractivity contribution in [3.05, 3.63) is 0 Å². The van der Waals surface area contributed by atoms with Crippen molar-refractivity contribution in [2.75, 3.05) is 6.54 Å². The molecular formula is C10H20ClNO2. The number of carbonyl (C=O) groups is 1. The number of nitrogens with two attached hydrogens (primary N) is 1. The van der Waals surface area contributed by atoms with Crippen LogP contribution in [0.15, 0.2) is 0 Å². The third-order valence-electron chi connectivity index (χ3n) is 3.14. The predicted molar refractivity (Wildman–Crippen MR) is 58.6 cm³/mol. The summed E-state index contributed by atoms with van der Waals surface area (Å²) in [6, 6.07) is 0. The molecule has 14 heavy (non-hydrogen) atoms. The first-order valence-electron chi connectivity index (χ1n) is 5.00. The maximum atomic E-state index is 10.7. The van der Waals surface area contributed by atoms with E-state index in [1.165, 1.54) is 6.42 Å². The molecule has 0 radical (unpaired) electrons. The van der Waals surface area contributed by atoms with Crippen LogP contribution in [0.25, 0.3) is 0 Å². The molecule has 3 N–H and O–H groups in total. The minimum absolute atomic E-state index is 0. The molecule has 0 spiro atoms. The highest BCUT2D eigenvalue weighted by molar-refractivity contribution is 5.85. The van der Waals surface area contributed by atoms with E-state index in [9.17, 15) is 4.79 Å². The molecule has 0 aromatic heterocycles. The summed E-state index contributed by atoms with van der Waals surface area (Å²) in [7, 11) is 0. The van der Waals surface area contributed by atoms with Gasteiger partial charge in [0.25, 0.3) is 0 Å². The summed E-state index contributed by atoms with van der Waals surface area (Å²) in [5, 5.41) is 8.79. The molecule has 2 atom stereocenters. The van der Waals surface area contributed by atoms with Crippen molar-refractivity contribution < 1.29 is 9.90 Å². The smallest absolute Gasteiger partial charge is 0.303 e. The molecule has 1 rings (SSSR count). The fourth-order valence-electron chi connectivity index (χ4n) is 2.51. The number of halogens is 1. The van der Waals surface area contributed by atoms with Gasteiger partial charge in [0.2, 0.25) is 0 Å². The molecule has 4 heteroatoms. The minimum atomic E-state index is -0.709. The first-order valence-corrected chi connectivity index (χ1v) is 5.00. The van der Waals surface area contributed by atoms with Gasteiger partial charge in [-0.05, 0) is 30.7 Å². The molecule has 3 nitrogen and oxygen atoms in total. The van der Waals surface area contributed by atoms with Crippen molar-refractivity contribution in [3.8, 4) is 0 Å². The number of rotatable bonds is 3. The average Bonchev–Trinajstić information content (AvgIpc) is 2.03. The highest BCUT2D eigenvalue weighted by atomic mass is 35.5. The maximum absolute atomic E-state index is 10.7. The van der Waals surface area contributed by atoms with Crippen LogP contribution in [0.3, 0.4) is 0 Å².